The quantitative estimate of drug-likeness (QED) is 0.547. The Morgan fingerprint density at radius 3 is 1.75 bits per heavy atom. The van der Waals surface area contributed by atoms with Gasteiger partial charge in [-0.3, -0.25) is 0 Å². The van der Waals surface area contributed by atoms with Gasteiger partial charge in [0, 0.05) is 0 Å². The van der Waals surface area contributed by atoms with Crippen LogP contribution in [-0.4, -0.2) is 37.9 Å². The summed E-state index contributed by atoms with van der Waals surface area (Å²) in [6.07, 6.45) is 7.15. The Balaban J connectivity index is 2.94. The zero-order valence-electron chi connectivity index (χ0n) is 11.9. The average Bonchev–Trinajstić information content (AvgIpc) is 2.40. The van der Waals surface area contributed by atoms with Crippen LogP contribution in [0.2, 0.25) is 0 Å². The van der Waals surface area contributed by atoms with Crippen molar-refractivity contribution in [3.8, 4) is 0 Å². The van der Waals surface area contributed by atoms with Crippen molar-refractivity contribution in [3.05, 3.63) is 0 Å². The lowest BCUT2D eigenvalue weighted by Gasteiger charge is -2.46. The fraction of sp³-hybridized carbons (Fsp3) is 0.786. The van der Waals surface area contributed by atoms with E-state index in [2.05, 4.69) is 15.0 Å². The first-order valence-electron chi connectivity index (χ1n) is 6.58. The van der Waals surface area contributed by atoms with Gasteiger partial charge in [-0.25, -0.2) is 29.4 Å². The molecule has 0 saturated heterocycles. The van der Waals surface area contributed by atoms with E-state index in [0.717, 1.165) is 19.3 Å². The summed E-state index contributed by atoms with van der Waals surface area (Å²) in [4.78, 5) is 42.1. The molecule has 108 valence electrons. The number of carbonyl (C=O) groups excluding carboxylic acids is 3. The van der Waals surface area contributed by atoms with Crippen LogP contribution in [0.5, 0.6) is 0 Å². The molecule has 0 N–H and O–H groups in total. The molecule has 2 atom stereocenters. The smallest absolute Gasteiger partial charge is 0.211 e. The van der Waals surface area contributed by atoms with E-state index in [4.69, 9.17) is 0 Å². The van der Waals surface area contributed by atoms with Crippen LogP contribution in [0.3, 0.4) is 0 Å². The molecule has 1 aliphatic carbocycles. The highest BCUT2D eigenvalue weighted by Gasteiger charge is 2.43. The molecule has 0 aliphatic heterocycles. The Bertz CT molecular complexity index is 454. The molecule has 0 aromatic heterocycles. The second kappa shape index (κ2) is 7.06. The molecule has 0 heterocycles. The zero-order chi connectivity index (χ0) is 15.1. The molecule has 20 heavy (non-hydrogen) atoms. The van der Waals surface area contributed by atoms with E-state index in [1.54, 1.807) is 18.2 Å². The molecule has 2 unspecified atom stereocenters. The topological polar surface area (TPSA) is 88.3 Å². The summed E-state index contributed by atoms with van der Waals surface area (Å²) in [5, 5.41) is 0. The molecule has 0 radical (unpaired) electrons. The van der Waals surface area contributed by atoms with Crippen LogP contribution in [0.1, 0.15) is 33.1 Å². The van der Waals surface area contributed by atoms with E-state index < -0.39 is 0 Å². The standard InChI is InChI=1S/C14H19N3O3/c1-13(7-16-10-19)3-12(5-15-9-18)4-14(2,6-13)8-17-11-20/h12H,3-8H2,1-2H3. The predicted molar refractivity (Wildman–Crippen MR) is 72.5 cm³/mol. The largest absolute Gasteiger partial charge is 0.234 e. The summed E-state index contributed by atoms with van der Waals surface area (Å²) < 4.78 is 0. The van der Waals surface area contributed by atoms with Crippen molar-refractivity contribution in [1.29, 1.82) is 0 Å². The Kier molecular flexibility index (Phi) is 5.72. The number of hydrogen-bond acceptors (Lipinski definition) is 6. The van der Waals surface area contributed by atoms with Gasteiger partial charge in [-0.1, -0.05) is 13.8 Å². The highest BCUT2D eigenvalue weighted by Crippen LogP contribution is 2.49. The van der Waals surface area contributed by atoms with E-state index in [-0.39, 0.29) is 16.7 Å². The predicted octanol–water partition coefficient (Wildman–Crippen LogP) is 1.81. The number of nitrogens with zero attached hydrogens (tertiary/aromatic N) is 3. The van der Waals surface area contributed by atoms with Crippen LogP contribution >= 0.6 is 0 Å². The van der Waals surface area contributed by atoms with Crippen molar-refractivity contribution in [2.24, 2.45) is 31.7 Å². The van der Waals surface area contributed by atoms with Gasteiger partial charge in [0.15, 0.2) is 0 Å². The van der Waals surface area contributed by atoms with E-state index in [0.29, 0.717) is 19.6 Å². The highest BCUT2D eigenvalue weighted by molar-refractivity contribution is 5.34. The van der Waals surface area contributed by atoms with Crippen LogP contribution in [0.4, 0.5) is 0 Å². The first kappa shape index (κ1) is 16.2. The van der Waals surface area contributed by atoms with Gasteiger partial charge in [0.1, 0.15) is 0 Å². The number of aliphatic imine (C=N–C) groups is 3. The van der Waals surface area contributed by atoms with Crippen molar-refractivity contribution in [3.63, 3.8) is 0 Å². The SMILES string of the molecule is CC1(CN=C=O)CC(CN=C=O)CC(C)(CN=C=O)C1. The molecule has 6 nitrogen and oxygen atoms in total. The van der Waals surface area contributed by atoms with E-state index in [1.807, 2.05) is 13.8 Å². The molecule has 1 aliphatic rings. The minimum Gasteiger partial charge on any atom is -0.211 e. The van der Waals surface area contributed by atoms with Crippen molar-refractivity contribution >= 4 is 18.2 Å². The molecule has 1 rings (SSSR count). The first-order valence-corrected chi connectivity index (χ1v) is 6.58. The summed E-state index contributed by atoms with van der Waals surface area (Å²) in [5.74, 6) is 0.198. The van der Waals surface area contributed by atoms with Gasteiger partial charge in [0.05, 0.1) is 19.6 Å². The third-order valence-corrected chi connectivity index (χ3v) is 3.88. The second-order valence-corrected chi connectivity index (χ2v) is 6.32. The van der Waals surface area contributed by atoms with Crippen molar-refractivity contribution in [2.75, 3.05) is 19.6 Å². The maximum atomic E-state index is 10.3. The number of hydrogen-bond donors (Lipinski definition) is 0. The van der Waals surface area contributed by atoms with Crippen LogP contribution in [0.15, 0.2) is 15.0 Å². The zero-order valence-corrected chi connectivity index (χ0v) is 11.9. The normalized spacial score (nSPS) is 32.4. The van der Waals surface area contributed by atoms with Gasteiger partial charge in [-0.2, -0.15) is 0 Å². The van der Waals surface area contributed by atoms with Gasteiger partial charge in [-0.05, 0) is 36.0 Å². The molecular weight excluding hydrogens is 258 g/mol. The van der Waals surface area contributed by atoms with Gasteiger partial charge in [0.2, 0.25) is 18.2 Å². The van der Waals surface area contributed by atoms with Gasteiger partial charge in [0.25, 0.3) is 0 Å². The molecule has 0 aromatic carbocycles. The lowest BCUT2D eigenvalue weighted by molar-refractivity contribution is 0.0573. The molecule has 6 heteroatoms. The second-order valence-electron chi connectivity index (χ2n) is 6.32. The Hall–Kier alpha value is -1.86. The molecule has 1 saturated carbocycles. The van der Waals surface area contributed by atoms with E-state index in [9.17, 15) is 14.4 Å². The summed E-state index contributed by atoms with van der Waals surface area (Å²) in [5.41, 5.74) is -0.349. The molecule has 0 amide bonds. The van der Waals surface area contributed by atoms with Crippen molar-refractivity contribution in [2.45, 2.75) is 33.1 Å². The van der Waals surface area contributed by atoms with Crippen molar-refractivity contribution < 1.29 is 14.4 Å². The Morgan fingerprint density at radius 1 is 0.900 bits per heavy atom. The summed E-state index contributed by atoms with van der Waals surface area (Å²) in [7, 11) is 0. The minimum absolute atomic E-state index is 0.175. The first-order chi connectivity index (χ1) is 9.47. The molecule has 0 spiro atoms. The lowest BCUT2D eigenvalue weighted by atomic mass is 9.60. The fourth-order valence-electron chi connectivity index (χ4n) is 3.62. The van der Waals surface area contributed by atoms with Crippen LogP contribution in [0.25, 0.3) is 0 Å². The monoisotopic (exact) mass is 277 g/mol. The fourth-order valence-corrected chi connectivity index (χ4v) is 3.62. The molecular formula is C14H19N3O3. The van der Waals surface area contributed by atoms with Crippen LogP contribution in [-0.2, 0) is 14.4 Å². The lowest BCUT2D eigenvalue weighted by Crippen LogP contribution is -2.41. The highest BCUT2D eigenvalue weighted by atomic mass is 16.1. The molecule has 0 aromatic rings. The molecule has 1 fully saturated rings. The molecule has 0 bridgehead atoms. The van der Waals surface area contributed by atoms with Crippen LogP contribution in [0, 0.1) is 16.7 Å². The average molecular weight is 277 g/mol. The van der Waals surface area contributed by atoms with Gasteiger partial charge >= 0.3 is 0 Å². The minimum atomic E-state index is -0.175. The summed E-state index contributed by atoms with van der Waals surface area (Å²) in [6.45, 7) is 5.28. The van der Waals surface area contributed by atoms with Crippen LogP contribution < -0.4 is 0 Å². The Labute approximate surface area is 118 Å². The maximum Gasteiger partial charge on any atom is 0.234 e. The van der Waals surface area contributed by atoms with Gasteiger partial charge < -0.3 is 0 Å². The maximum absolute atomic E-state index is 10.3. The van der Waals surface area contributed by atoms with E-state index >= 15 is 0 Å². The summed E-state index contributed by atoms with van der Waals surface area (Å²) >= 11 is 0. The third-order valence-electron chi connectivity index (χ3n) is 3.88. The van der Waals surface area contributed by atoms with E-state index in [1.165, 1.54) is 0 Å². The number of rotatable bonds is 6. The third kappa shape index (κ3) is 4.67. The van der Waals surface area contributed by atoms with Gasteiger partial charge in [-0.15, -0.1) is 0 Å². The van der Waals surface area contributed by atoms with Crippen molar-refractivity contribution in [1.82, 2.24) is 0 Å². The number of isocyanates is 3. The summed E-state index contributed by atoms with van der Waals surface area (Å²) in [6, 6.07) is 0. The Morgan fingerprint density at radius 2 is 1.35 bits per heavy atom.